The van der Waals surface area contributed by atoms with E-state index in [0.29, 0.717) is 0 Å². The van der Waals surface area contributed by atoms with E-state index < -0.39 is 23.6 Å². The maximum absolute atomic E-state index is 11.8. The zero-order chi connectivity index (χ0) is 15.9. The number of benzene rings is 1. The van der Waals surface area contributed by atoms with Crippen molar-refractivity contribution in [2.75, 3.05) is 14.2 Å². The minimum absolute atomic E-state index is 0.0286. The summed E-state index contributed by atoms with van der Waals surface area (Å²) < 4.78 is 14.9. The summed E-state index contributed by atoms with van der Waals surface area (Å²) in [6, 6.07) is 9.36. The molecule has 0 saturated carbocycles. The largest absolute Gasteiger partial charge is 0.468 e. The molecule has 1 aromatic rings. The Morgan fingerprint density at radius 1 is 1.19 bits per heavy atom. The van der Waals surface area contributed by atoms with E-state index in [2.05, 4.69) is 9.47 Å². The van der Waals surface area contributed by atoms with Gasteiger partial charge in [-0.15, -0.1) is 0 Å². The molecule has 0 fully saturated rings. The predicted molar refractivity (Wildman–Crippen MR) is 76.3 cm³/mol. The molecule has 0 aliphatic carbocycles. The van der Waals surface area contributed by atoms with Gasteiger partial charge in [-0.25, -0.2) is 4.79 Å². The van der Waals surface area contributed by atoms with Crippen LogP contribution in [0, 0.1) is 0 Å². The van der Waals surface area contributed by atoms with Crippen molar-refractivity contribution >= 4 is 11.9 Å². The molecule has 0 radical (unpaired) electrons. The molecule has 1 rings (SSSR count). The second-order valence-corrected chi connectivity index (χ2v) is 4.92. The van der Waals surface area contributed by atoms with Crippen LogP contribution in [0.3, 0.4) is 0 Å². The van der Waals surface area contributed by atoms with Crippen molar-refractivity contribution in [2.45, 2.75) is 31.6 Å². The smallest absolute Gasteiger partial charge is 0.335 e. The number of nitrogens with two attached hydrogens (primary N) is 1. The minimum Gasteiger partial charge on any atom is -0.468 e. The summed E-state index contributed by atoms with van der Waals surface area (Å²) in [5, 5.41) is 0. The summed E-state index contributed by atoms with van der Waals surface area (Å²) in [5.74, 6) is -1.19. The number of ether oxygens (including phenoxy) is 3. The first-order valence-corrected chi connectivity index (χ1v) is 6.51. The Hall–Kier alpha value is -1.92. The van der Waals surface area contributed by atoms with Gasteiger partial charge >= 0.3 is 11.9 Å². The van der Waals surface area contributed by atoms with Crippen LogP contribution in [0.1, 0.15) is 18.9 Å². The van der Waals surface area contributed by atoms with Gasteiger partial charge in [0, 0.05) is 6.42 Å². The number of rotatable bonds is 7. The van der Waals surface area contributed by atoms with Gasteiger partial charge in [0.05, 0.1) is 20.8 Å². The average Bonchev–Trinajstić information content (AvgIpc) is 2.50. The van der Waals surface area contributed by atoms with Crippen LogP contribution in [0.2, 0.25) is 0 Å². The maximum Gasteiger partial charge on any atom is 0.335 e. The van der Waals surface area contributed by atoms with Crippen molar-refractivity contribution < 1.29 is 23.8 Å². The fourth-order valence-corrected chi connectivity index (χ4v) is 1.81. The Morgan fingerprint density at radius 2 is 1.81 bits per heavy atom. The topological polar surface area (TPSA) is 87.9 Å². The van der Waals surface area contributed by atoms with Gasteiger partial charge in [-0.05, 0) is 12.5 Å². The number of hydrogen-bond donors (Lipinski definition) is 1. The summed E-state index contributed by atoms with van der Waals surface area (Å²) in [6.45, 7) is 1.71. The number of hydrogen-bond acceptors (Lipinski definition) is 6. The Bertz CT molecular complexity index is 472. The van der Waals surface area contributed by atoms with Crippen LogP contribution in [-0.4, -0.2) is 37.8 Å². The minimum atomic E-state index is -1.33. The second kappa shape index (κ2) is 7.75. The van der Waals surface area contributed by atoms with Crippen molar-refractivity contribution in [3.8, 4) is 0 Å². The van der Waals surface area contributed by atoms with Crippen LogP contribution < -0.4 is 5.73 Å². The first-order valence-electron chi connectivity index (χ1n) is 6.51. The second-order valence-electron chi connectivity index (χ2n) is 4.92. The molecule has 116 valence electrons. The summed E-state index contributed by atoms with van der Waals surface area (Å²) in [6.07, 6.45) is -0.969. The molecule has 0 amide bonds. The van der Waals surface area contributed by atoms with Crippen LogP contribution in [0.4, 0.5) is 0 Å². The third-order valence-corrected chi connectivity index (χ3v) is 3.02. The van der Waals surface area contributed by atoms with Crippen molar-refractivity contribution in [3.63, 3.8) is 0 Å². The van der Waals surface area contributed by atoms with Gasteiger partial charge in [0.1, 0.15) is 5.54 Å². The highest BCUT2D eigenvalue weighted by Crippen LogP contribution is 2.16. The lowest BCUT2D eigenvalue weighted by atomic mass is 9.95. The summed E-state index contributed by atoms with van der Waals surface area (Å²) >= 11 is 0. The SMILES string of the molecule is COC(=O)C(CC(C)(N)C(=O)OC)OCc1ccccc1. The van der Waals surface area contributed by atoms with E-state index in [9.17, 15) is 9.59 Å². The number of esters is 2. The third kappa shape index (κ3) is 5.17. The lowest BCUT2D eigenvalue weighted by molar-refractivity contribution is -0.159. The van der Waals surface area contributed by atoms with E-state index in [1.807, 2.05) is 30.3 Å². The van der Waals surface area contributed by atoms with Crippen LogP contribution in [-0.2, 0) is 30.4 Å². The highest BCUT2D eigenvalue weighted by Gasteiger charge is 2.36. The Kier molecular flexibility index (Phi) is 6.33. The zero-order valence-corrected chi connectivity index (χ0v) is 12.5. The van der Waals surface area contributed by atoms with Crippen LogP contribution in [0.15, 0.2) is 30.3 Å². The molecule has 6 nitrogen and oxygen atoms in total. The molecule has 0 aliphatic heterocycles. The summed E-state index contributed by atoms with van der Waals surface area (Å²) in [7, 11) is 2.50. The third-order valence-electron chi connectivity index (χ3n) is 3.02. The van der Waals surface area contributed by atoms with E-state index in [0.717, 1.165) is 5.56 Å². The van der Waals surface area contributed by atoms with E-state index in [4.69, 9.17) is 10.5 Å². The van der Waals surface area contributed by atoms with Crippen molar-refractivity contribution in [1.82, 2.24) is 0 Å². The summed E-state index contributed by atoms with van der Waals surface area (Å²) in [5.41, 5.74) is 5.45. The fourth-order valence-electron chi connectivity index (χ4n) is 1.81. The van der Waals surface area contributed by atoms with Gasteiger partial charge in [-0.3, -0.25) is 4.79 Å². The fraction of sp³-hybridized carbons (Fsp3) is 0.467. The Morgan fingerprint density at radius 3 is 2.33 bits per heavy atom. The van der Waals surface area contributed by atoms with Gasteiger partial charge < -0.3 is 19.9 Å². The molecular formula is C15H21NO5. The normalized spacial score (nSPS) is 14.9. The summed E-state index contributed by atoms with van der Waals surface area (Å²) in [4.78, 5) is 23.4. The lowest BCUT2D eigenvalue weighted by Crippen LogP contribution is -2.50. The molecule has 6 heteroatoms. The van der Waals surface area contributed by atoms with E-state index in [1.54, 1.807) is 0 Å². The maximum atomic E-state index is 11.8. The molecule has 0 heterocycles. The standard InChI is InChI=1S/C15H21NO5/c1-15(16,14(18)20-3)9-12(13(17)19-2)21-10-11-7-5-4-6-8-11/h4-8,12H,9-10,16H2,1-3H3. The molecule has 2 N–H and O–H groups in total. The molecule has 2 atom stereocenters. The number of carbonyl (C=O) groups excluding carboxylic acids is 2. The number of methoxy groups -OCH3 is 2. The quantitative estimate of drug-likeness (QED) is 0.756. The van der Waals surface area contributed by atoms with Crippen molar-refractivity contribution in [2.24, 2.45) is 5.73 Å². The first kappa shape index (κ1) is 17.1. The molecular weight excluding hydrogens is 274 g/mol. The molecule has 0 aliphatic rings. The van der Waals surface area contributed by atoms with Gasteiger partial charge in [0.25, 0.3) is 0 Å². The van der Waals surface area contributed by atoms with Gasteiger partial charge in [-0.2, -0.15) is 0 Å². The molecule has 21 heavy (non-hydrogen) atoms. The molecule has 0 aromatic heterocycles. The zero-order valence-electron chi connectivity index (χ0n) is 12.5. The first-order chi connectivity index (χ1) is 9.90. The van der Waals surface area contributed by atoms with Crippen molar-refractivity contribution in [1.29, 1.82) is 0 Å². The molecule has 0 spiro atoms. The molecule has 0 bridgehead atoms. The highest BCUT2D eigenvalue weighted by atomic mass is 16.6. The number of carbonyl (C=O) groups is 2. The highest BCUT2D eigenvalue weighted by molar-refractivity contribution is 5.82. The van der Waals surface area contributed by atoms with Crippen LogP contribution >= 0.6 is 0 Å². The van der Waals surface area contributed by atoms with E-state index in [-0.39, 0.29) is 13.0 Å². The Labute approximate surface area is 124 Å². The van der Waals surface area contributed by atoms with Gasteiger partial charge in [-0.1, -0.05) is 30.3 Å². The van der Waals surface area contributed by atoms with Gasteiger partial charge in [0.2, 0.25) is 0 Å². The van der Waals surface area contributed by atoms with Gasteiger partial charge in [0.15, 0.2) is 6.10 Å². The molecule has 0 saturated heterocycles. The van der Waals surface area contributed by atoms with Crippen molar-refractivity contribution in [3.05, 3.63) is 35.9 Å². The van der Waals surface area contributed by atoms with E-state index in [1.165, 1.54) is 21.1 Å². The lowest BCUT2D eigenvalue weighted by Gasteiger charge is -2.25. The predicted octanol–water partition coefficient (Wildman–Crippen LogP) is 1.03. The monoisotopic (exact) mass is 295 g/mol. The average molecular weight is 295 g/mol. The van der Waals surface area contributed by atoms with Crippen LogP contribution in [0.5, 0.6) is 0 Å². The Balaban J connectivity index is 2.72. The molecule has 2 unspecified atom stereocenters. The molecule has 1 aromatic carbocycles. The van der Waals surface area contributed by atoms with Crippen LogP contribution in [0.25, 0.3) is 0 Å². The van der Waals surface area contributed by atoms with E-state index >= 15 is 0 Å².